The fourth-order valence-electron chi connectivity index (χ4n) is 3.39. The monoisotopic (exact) mass is 489 g/mol. The Labute approximate surface area is 206 Å². The maximum atomic E-state index is 12.8. The first kappa shape index (κ1) is 24.3. The summed E-state index contributed by atoms with van der Waals surface area (Å²) in [6, 6.07) is 16.4. The number of esters is 1. The number of nitrogens with one attached hydrogen (secondary N) is 2. The second-order valence-electron chi connectivity index (χ2n) is 7.91. The number of aryl methyl sites for hydroxylation is 1. The van der Waals surface area contributed by atoms with Crippen LogP contribution < -0.4 is 15.4 Å². The van der Waals surface area contributed by atoms with Crippen LogP contribution in [0.4, 0.5) is 10.5 Å². The number of carbonyl (C=O) groups excluding carboxylic acids is 4. The molecule has 1 saturated heterocycles. The molecule has 0 bridgehead atoms. The first-order valence-corrected chi connectivity index (χ1v) is 10.9. The highest BCUT2D eigenvalue weighted by atomic mass is 16.5. The van der Waals surface area contributed by atoms with Gasteiger partial charge in [0.1, 0.15) is 17.2 Å². The number of benzene rings is 2. The Bertz CT molecular complexity index is 1340. The number of nitrogens with zero attached hydrogens (tertiary/aromatic N) is 1. The minimum Gasteiger partial charge on any atom is -0.484 e. The Morgan fingerprint density at radius 3 is 2.61 bits per heavy atom. The molecule has 10 nitrogen and oxygen atoms in total. The van der Waals surface area contributed by atoms with E-state index in [0.717, 1.165) is 10.5 Å². The second-order valence-corrected chi connectivity index (χ2v) is 7.91. The first-order chi connectivity index (χ1) is 17.3. The summed E-state index contributed by atoms with van der Waals surface area (Å²) in [6.07, 6.45) is 1.50. The summed E-state index contributed by atoms with van der Waals surface area (Å²) in [4.78, 5) is 49.8. The molecule has 0 radical (unpaired) electrons. The van der Waals surface area contributed by atoms with Gasteiger partial charge in [-0.2, -0.15) is 0 Å². The molecule has 4 rings (SSSR count). The minimum absolute atomic E-state index is 0.0281. The van der Waals surface area contributed by atoms with Crippen LogP contribution in [0.1, 0.15) is 27.4 Å². The summed E-state index contributed by atoms with van der Waals surface area (Å²) in [5.41, 5.74) is 2.41. The molecule has 2 aromatic carbocycles. The number of ether oxygens (including phenoxy) is 2. The highest BCUT2D eigenvalue weighted by molar-refractivity contribution is 6.13. The predicted molar refractivity (Wildman–Crippen MR) is 129 cm³/mol. The fourth-order valence-corrected chi connectivity index (χ4v) is 3.39. The molecular formula is C26H23N3O7. The molecule has 4 amide bonds. The average Bonchev–Trinajstić information content (AvgIpc) is 3.44. The lowest BCUT2D eigenvalue weighted by atomic mass is 10.2. The van der Waals surface area contributed by atoms with E-state index in [1.807, 2.05) is 19.1 Å². The number of imide groups is 1. The number of hydrogen-bond acceptors (Lipinski definition) is 7. The van der Waals surface area contributed by atoms with Crippen LogP contribution in [-0.4, -0.2) is 42.4 Å². The number of amides is 4. The zero-order valence-electron chi connectivity index (χ0n) is 19.6. The molecule has 184 valence electrons. The number of urea groups is 1. The molecule has 1 aromatic heterocycles. The van der Waals surface area contributed by atoms with Gasteiger partial charge in [0, 0.05) is 5.69 Å². The van der Waals surface area contributed by atoms with E-state index in [2.05, 4.69) is 15.4 Å². The molecule has 36 heavy (non-hydrogen) atoms. The van der Waals surface area contributed by atoms with Crippen molar-refractivity contribution in [2.24, 2.45) is 0 Å². The smallest absolute Gasteiger partial charge is 0.373 e. The molecule has 0 unspecified atom stereocenters. The molecule has 2 N–H and O–H groups in total. The van der Waals surface area contributed by atoms with E-state index in [0.29, 0.717) is 17.0 Å². The van der Waals surface area contributed by atoms with Gasteiger partial charge in [-0.15, -0.1) is 0 Å². The standard InChI is InChI=1S/C26H23N3O7/c1-16-6-8-18(9-7-16)27-23(30)15-35-19-5-3-4-17(12-19)13-21-24(31)29(26(33)28-21)14-20-10-11-22(36-20)25(32)34-2/h3-13H,14-15H2,1-2H3,(H,27,30)(H,28,33)/b21-13-. The van der Waals surface area contributed by atoms with E-state index in [4.69, 9.17) is 9.15 Å². The molecule has 1 aliphatic heterocycles. The lowest BCUT2D eigenvalue weighted by molar-refractivity contribution is -0.123. The normalized spacial score (nSPS) is 14.1. The Balaban J connectivity index is 1.37. The SMILES string of the molecule is COC(=O)c1ccc(CN2C(=O)N/C(=C\c3cccc(OCC(=O)Nc4ccc(C)cc4)c3)C2=O)o1. The Morgan fingerprint density at radius 1 is 1.08 bits per heavy atom. The van der Waals surface area contributed by atoms with Crippen LogP contribution in [0.5, 0.6) is 5.75 Å². The van der Waals surface area contributed by atoms with Crippen molar-refractivity contribution in [3.63, 3.8) is 0 Å². The summed E-state index contributed by atoms with van der Waals surface area (Å²) < 4.78 is 15.5. The van der Waals surface area contributed by atoms with Crippen molar-refractivity contribution in [1.29, 1.82) is 0 Å². The first-order valence-electron chi connectivity index (χ1n) is 10.9. The lowest BCUT2D eigenvalue weighted by Crippen LogP contribution is -2.30. The molecule has 0 aliphatic carbocycles. The number of anilines is 1. The fraction of sp³-hybridized carbons (Fsp3) is 0.154. The second kappa shape index (κ2) is 10.6. The van der Waals surface area contributed by atoms with Gasteiger partial charge in [-0.05, 0) is 55.0 Å². The van der Waals surface area contributed by atoms with Gasteiger partial charge in [-0.3, -0.25) is 14.5 Å². The van der Waals surface area contributed by atoms with E-state index in [1.54, 1.807) is 36.4 Å². The summed E-state index contributed by atoms with van der Waals surface area (Å²) >= 11 is 0. The third-order valence-corrected chi connectivity index (χ3v) is 5.20. The van der Waals surface area contributed by atoms with Crippen LogP contribution >= 0.6 is 0 Å². The van der Waals surface area contributed by atoms with Crippen LogP contribution in [0.2, 0.25) is 0 Å². The molecule has 2 heterocycles. The van der Waals surface area contributed by atoms with Crippen molar-refractivity contribution in [3.8, 4) is 5.75 Å². The van der Waals surface area contributed by atoms with E-state index in [-0.39, 0.29) is 36.3 Å². The molecule has 0 atom stereocenters. The van der Waals surface area contributed by atoms with Crippen molar-refractivity contribution in [2.75, 3.05) is 19.0 Å². The van der Waals surface area contributed by atoms with E-state index in [9.17, 15) is 19.2 Å². The predicted octanol–water partition coefficient (Wildman–Crippen LogP) is 3.49. The molecule has 0 spiro atoms. The molecular weight excluding hydrogens is 466 g/mol. The Kier molecular flexibility index (Phi) is 7.15. The highest BCUT2D eigenvalue weighted by Gasteiger charge is 2.34. The summed E-state index contributed by atoms with van der Waals surface area (Å²) in [6.45, 7) is 1.60. The molecule has 3 aromatic rings. The van der Waals surface area contributed by atoms with E-state index >= 15 is 0 Å². The van der Waals surface area contributed by atoms with Crippen molar-refractivity contribution in [1.82, 2.24) is 10.2 Å². The minimum atomic E-state index is -0.659. The number of carbonyl (C=O) groups is 4. The zero-order valence-corrected chi connectivity index (χ0v) is 19.6. The van der Waals surface area contributed by atoms with Crippen molar-refractivity contribution in [2.45, 2.75) is 13.5 Å². The number of hydrogen-bond donors (Lipinski definition) is 2. The quantitative estimate of drug-likeness (QED) is 0.282. The van der Waals surface area contributed by atoms with Crippen LogP contribution in [0.15, 0.2) is 70.8 Å². The average molecular weight is 489 g/mol. The summed E-state index contributed by atoms with van der Waals surface area (Å²) in [5, 5.41) is 5.28. The van der Waals surface area contributed by atoms with Crippen molar-refractivity contribution < 1.29 is 33.1 Å². The molecule has 0 saturated carbocycles. The van der Waals surface area contributed by atoms with Crippen molar-refractivity contribution in [3.05, 3.63) is 89.0 Å². The topological polar surface area (TPSA) is 127 Å². The lowest BCUT2D eigenvalue weighted by Gasteiger charge is -2.09. The maximum absolute atomic E-state index is 12.8. The van der Waals surface area contributed by atoms with E-state index < -0.39 is 17.9 Å². The van der Waals surface area contributed by atoms with Gasteiger partial charge in [0.25, 0.3) is 11.8 Å². The summed E-state index contributed by atoms with van der Waals surface area (Å²) in [5.74, 6) is -0.888. The highest BCUT2D eigenvalue weighted by Crippen LogP contribution is 2.21. The van der Waals surface area contributed by atoms with Gasteiger partial charge in [-0.1, -0.05) is 29.8 Å². The van der Waals surface area contributed by atoms with Gasteiger partial charge in [0.2, 0.25) is 5.76 Å². The van der Waals surface area contributed by atoms with Gasteiger partial charge < -0.3 is 24.5 Å². The van der Waals surface area contributed by atoms with Gasteiger partial charge in [0.15, 0.2) is 6.61 Å². The number of furan rings is 1. The molecule has 1 fully saturated rings. The van der Waals surface area contributed by atoms with Gasteiger partial charge >= 0.3 is 12.0 Å². The van der Waals surface area contributed by atoms with Crippen molar-refractivity contribution >= 4 is 35.6 Å². The Hall–Kier alpha value is -4.86. The summed E-state index contributed by atoms with van der Waals surface area (Å²) in [7, 11) is 1.22. The van der Waals surface area contributed by atoms with E-state index in [1.165, 1.54) is 25.3 Å². The Morgan fingerprint density at radius 2 is 1.86 bits per heavy atom. The molecule has 1 aliphatic rings. The zero-order chi connectivity index (χ0) is 25.7. The van der Waals surface area contributed by atoms with Crippen LogP contribution in [0, 0.1) is 6.92 Å². The third-order valence-electron chi connectivity index (χ3n) is 5.20. The third kappa shape index (κ3) is 5.79. The van der Waals surface area contributed by atoms with Gasteiger partial charge in [0.05, 0.1) is 13.7 Å². The number of rotatable bonds is 8. The molecule has 10 heteroatoms. The number of methoxy groups -OCH3 is 1. The van der Waals surface area contributed by atoms with Crippen LogP contribution in [0.25, 0.3) is 6.08 Å². The van der Waals surface area contributed by atoms with Gasteiger partial charge in [-0.25, -0.2) is 9.59 Å². The maximum Gasteiger partial charge on any atom is 0.373 e. The van der Waals surface area contributed by atoms with Crippen LogP contribution in [0.3, 0.4) is 0 Å². The largest absolute Gasteiger partial charge is 0.484 e. The van der Waals surface area contributed by atoms with Crippen LogP contribution in [-0.2, 0) is 20.9 Å².